The zero-order chi connectivity index (χ0) is 17.0. The average Bonchev–Trinajstić information content (AvgIpc) is 3.10. The molecule has 0 atom stereocenters. The molecule has 2 heterocycles. The average molecular weight is 364 g/mol. The van der Waals surface area contributed by atoms with Crippen molar-refractivity contribution >= 4 is 34.1 Å². The normalized spacial score (nSPS) is 16.8. The summed E-state index contributed by atoms with van der Waals surface area (Å²) < 4.78 is 5.36. The highest BCUT2D eigenvalue weighted by molar-refractivity contribution is 7.98. The lowest BCUT2D eigenvalue weighted by Gasteiger charge is -2.34. The van der Waals surface area contributed by atoms with Crippen LogP contribution in [0.5, 0.6) is 0 Å². The summed E-state index contributed by atoms with van der Waals surface area (Å²) in [7, 11) is 0. The molecule has 7 heteroatoms. The third-order valence-corrected chi connectivity index (χ3v) is 5.93. The first kappa shape index (κ1) is 17.4. The molecule has 1 amide bonds. The lowest BCUT2D eigenvalue weighted by Crippen LogP contribution is -2.46. The molecule has 5 nitrogen and oxygen atoms in total. The number of thiazole rings is 1. The molecule has 128 valence electrons. The summed E-state index contributed by atoms with van der Waals surface area (Å²) in [5, 5.41) is 5.52. The number of amides is 1. The Bertz CT molecular complexity index is 694. The standard InChI is InChI=1S/C17H21N3O2S2/c1-23-13-4-2-12(3-5-13)14-10-24-16(19-14)20-15(21)17(11-18)6-8-22-9-7-17/h2-5,10H,6-9,11,18H2,1H3,(H,19,20,21). The Morgan fingerprint density at radius 1 is 1.38 bits per heavy atom. The van der Waals surface area contributed by atoms with Crippen molar-refractivity contribution in [3.05, 3.63) is 29.6 Å². The van der Waals surface area contributed by atoms with E-state index in [2.05, 4.69) is 28.7 Å². The van der Waals surface area contributed by atoms with Gasteiger partial charge in [-0.25, -0.2) is 4.98 Å². The van der Waals surface area contributed by atoms with Gasteiger partial charge < -0.3 is 15.8 Å². The number of nitrogens with one attached hydrogen (secondary N) is 1. The summed E-state index contributed by atoms with van der Waals surface area (Å²) in [5.74, 6) is -0.0491. The van der Waals surface area contributed by atoms with Gasteiger partial charge in [0.05, 0.1) is 11.1 Å². The fourth-order valence-electron chi connectivity index (χ4n) is 2.74. The van der Waals surface area contributed by atoms with Gasteiger partial charge in [-0.15, -0.1) is 23.1 Å². The maximum absolute atomic E-state index is 12.7. The highest BCUT2D eigenvalue weighted by Gasteiger charge is 2.39. The van der Waals surface area contributed by atoms with E-state index in [9.17, 15) is 4.79 Å². The summed E-state index contributed by atoms with van der Waals surface area (Å²) in [6.07, 6.45) is 3.36. The van der Waals surface area contributed by atoms with Crippen molar-refractivity contribution < 1.29 is 9.53 Å². The number of rotatable bonds is 5. The van der Waals surface area contributed by atoms with Gasteiger partial charge in [0.2, 0.25) is 5.91 Å². The van der Waals surface area contributed by atoms with Crippen LogP contribution in [0.15, 0.2) is 34.5 Å². The molecule has 1 aromatic carbocycles. The maximum atomic E-state index is 12.7. The second-order valence-electron chi connectivity index (χ2n) is 5.82. The van der Waals surface area contributed by atoms with Crippen LogP contribution in [0.3, 0.4) is 0 Å². The molecule has 0 saturated carbocycles. The quantitative estimate of drug-likeness (QED) is 0.798. The Balaban J connectivity index is 1.72. The molecule has 3 rings (SSSR count). The number of nitrogens with two attached hydrogens (primary N) is 1. The Kier molecular flexibility index (Phi) is 5.55. The number of hydrogen-bond donors (Lipinski definition) is 2. The molecule has 1 aliphatic rings. The number of ether oxygens (including phenoxy) is 1. The molecule has 1 fully saturated rings. The fraction of sp³-hybridized carbons (Fsp3) is 0.412. The molecular formula is C17H21N3O2S2. The Hall–Kier alpha value is -1.41. The molecule has 0 spiro atoms. The minimum Gasteiger partial charge on any atom is -0.381 e. The van der Waals surface area contributed by atoms with Crippen molar-refractivity contribution in [2.75, 3.05) is 31.3 Å². The van der Waals surface area contributed by atoms with E-state index in [1.807, 2.05) is 17.5 Å². The Labute approximate surface area is 150 Å². The number of carbonyl (C=O) groups is 1. The monoisotopic (exact) mass is 363 g/mol. The first-order valence-electron chi connectivity index (χ1n) is 7.86. The van der Waals surface area contributed by atoms with Crippen LogP contribution in [0.1, 0.15) is 12.8 Å². The van der Waals surface area contributed by atoms with E-state index in [0.717, 1.165) is 11.3 Å². The van der Waals surface area contributed by atoms with Crippen LogP contribution in [0.4, 0.5) is 5.13 Å². The Morgan fingerprint density at radius 3 is 2.71 bits per heavy atom. The van der Waals surface area contributed by atoms with Crippen molar-refractivity contribution in [1.82, 2.24) is 4.98 Å². The van der Waals surface area contributed by atoms with Crippen molar-refractivity contribution in [3.63, 3.8) is 0 Å². The lowest BCUT2D eigenvalue weighted by atomic mass is 9.79. The summed E-state index contributed by atoms with van der Waals surface area (Å²) >= 11 is 3.14. The molecule has 0 unspecified atom stereocenters. The topological polar surface area (TPSA) is 77.2 Å². The molecule has 1 aliphatic heterocycles. The summed E-state index contributed by atoms with van der Waals surface area (Å²) in [4.78, 5) is 18.4. The number of benzene rings is 1. The third kappa shape index (κ3) is 3.64. The van der Waals surface area contributed by atoms with Gasteiger partial charge in [0.25, 0.3) is 0 Å². The van der Waals surface area contributed by atoms with E-state index in [0.29, 0.717) is 37.7 Å². The molecule has 1 saturated heterocycles. The van der Waals surface area contributed by atoms with Crippen LogP contribution in [0.2, 0.25) is 0 Å². The number of nitrogens with zero attached hydrogens (tertiary/aromatic N) is 1. The molecule has 24 heavy (non-hydrogen) atoms. The largest absolute Gasteiger partial charge is 0.381 e. The first-order chi connectivity index (χ1) is 11.7. The third-order valence-electron chi connectivity index (χ3n) is 4.43. The highest BCUT2D eigenvalue weighted by Crippen LogP contribution is 2.32. The molecule has 3 N–H and O–H groups in total. The number of anilines is 1. The SMILES string of the molecule is CSc1ccc(-c2csc(NC(=O)C3(CN)CCOCC3)n2)cc1. The van der Waals surface area contributed by atoms with E-state index in [4.69, 9.17) is 10.5 Å². The summed E-state index contributed by atoms with van der Waals surface area (Å²) in [5.41, 5.74) is 7.26. The molecule has 1 aromatic heterocycles. The second kappa shape index (κ2) is 7.65. The summed E-state index contributed by atoms with van der Waals surface area (Å²) in [6.45, 7) is 1.49. The summed E-state index contributed by atoms with van der Waals surface area (Å²) in [6, 6.07) is 8.24. The van der Waals surface area contributed by atoms with Gasteiger partial charge in [-0.3, -0.25) is 4.79 Å². The molecular weight excluding hydrogens is 342 g/mol. The number of thioether (sulfide) groups is 1. The zero-order valence-electron chi connectivity index (χ0n) is 13.6. The molecule has 0 radical (unpaired) electrons. The minimum absolute atomic E-state index is 0.0491. The minimum atomic E-state index is -0.538. The Morgan fingerprint density at radius 2 is 2.08 bits per heavy atom. The predicted octanol–water partition coefficient (Wildman–Crippen LogP) is 3.23. The predicted molar refractivity (Wildman–Crippen MR) is 99.5 cm³/mol. The molecule has 0 aliphatic carbocycles. The molecule has 0 bridgehead atoms. The van der Waals surface area contributed by atoms with Gasteiger partial charge in [-0.2, -0.15) is 0 Å². The van der Waals surface area contributed by atoms with Gasteiger partial charge in [0, 0.05) is 35.6 Å². The van der Waals surface area contributed by atoms with E-state index in [1.54, 1.807) is 11.8 Å². The van der Waals surface area contributed by atoms with Crippen LogP contribution in [0, 0.1) is 5.41 Å². The van der Waals surface area contributed by atoms with E-state index >= 15 is 0 Å². The van der Waals surface area contributed by atoms with Crippen LogP contribution >= 0.6 is 23.1 Å². The van der Waals surface area contributed by atoms with Gasteiger partial charge in [-0.05, 0) is 31.2 Å². The zero-order valence-corrected chi connectivity index (χ0v) is 15.2. The van der Waals surface area contributed by atoms with E-state index < -0.39 is 5.41 Å². The van der Waals surface area contributed by atoms with Crippen molar-refractivity contribution in [3.8, 4) is 11.3 Å². The van der Waals surface area contributed by atoms with Crippen LogP contribution < -0.4 is 11.1 Å². The second-order valence-corrected chi connectivity index (χ2v) is 7.56. The maximum Gasteiger partial charge on any atom is 0.233 e. The van der Waals surface area contributed by atoms with E-state index in [-0.39, 0.29) is 5.91 Å². The van der Waals surface area contributed by atoms with Crippen LogP contribution in [-0.4, -0.2) is 36.9 Å². The fourth-order valence-corrected chi connectivity index (χ4v) is 3.86. The smallest absolute Gasteiger partial charge is 0.233 e. The first-order valence-corrected chi connectivity index (χ1v) is 9.96. The van der Waals surface area contributed by atoms with Crippen molar-refractivity contribution in [1.29, 1.82) is 0 Å². The molecule has 2 aromatic rings. The van der Waals surface area contributed by atoms with E-state index in [1.165, 1.54) is 16.2 Å². The number of aromatic nitrogens is 1. The number of hydrogen-bond acceptors (Lipinski definition) is 6. The number of carbonyl (C=O) groups excluding carboxylic acids is 1. The van der Waals surface area contributed by atoms with Gasteiger partial charge in [-0.1, -0.05) is 12.1 Å². The van der Waals surface area contributed by atoms with Crippen LogP contribution in [-0.2, 0) is 9.53 Å². The van der Waals surface area contributed by atoms with Crippen molar-refractivity contribution in [2.24, 2.45) is 11.1 Å². The van der Waals surface area contributed by atoms with Gasteiger partial charge in [0.15, 0.2) is 5.13 Å². The highest BCUT2D eigenvalue weighted by atomic mass is 32.2. The van der Waals surface area contributed by atoms with Crippen molar-refractivity contribution in [2.45, 2.75) is 17.7 Å². The van der Waals surface area contributed by atoms with Crippen LogP contribution in [0.25, 0.3) is 11.3 Å². The van der Waals surface area contributed by atoms with Gasteiger partial charge in [0.1, 0.15) is 0 Å². The lowest BCUT2D eigenvalue weighted by molar-refractivity contribution is -0.130. The van der Waals surface area contributed by atoms with Gasteiger partial charge >= 0.3 is 0 Å².